The van der Waals surface area contributed by atoms with Crippen LogP contribution >= 0.6 is 0 Å². The molecule has 0 saturated heterocycles. The van der Waals surface area contributed by atoms with Crippen LogP contribution in [0.4, 0.5) is 11.5 Å². The molecule has 0 radical (unpaired) electrons. The van der Waals surface area contributed by atoms with E-state index in [0.29, 0.717) is 11.1 Å². The van der Waals surface area contributed by atoms with E-state index in [1.54, 1.807) is 14.0 Å². The number of rotatable bonds is 3. The highest BCUT2D eigenvalue weighted by atomic mass is 16.6. The SMILES string of the molecule is Cc1cc([N+](=O)[O-])ccc1C(=O)Nc1c(C#N)cnn1C. The van der Waals surface area contributed by atoms with E-state index in [2.05, 4.69) is 10.4 Å². The van der Waals surface area contributed by atoms with Gasteiger partial charge in [-0.05, 0) is 18.6 Å². The van der Waals surface area contributed by atoms with Gasteiger partial charge in [0, 0.05) is 24.7 Å². The second kappa shape index (κ2) is 5.42. The summed E-state index contributed by atoms with van der Waals surface area (Å²) in [5.74, 6) is -0.178. The molecule has 0 aliphatic rings. The lowest BCUT2D eigenvalue weighted by molar-refractivity contribution is -0.384. The Morgan fingerprint density at radius 3 is 2.81 bits per heavy atom. The second-order valence-electron chi connectivity index (χ2n) is 4.35. The lowest BCUT2D eigenvalue weighted by Gasteiger charge is -2.08. The summed E-state index contributed by atoms with van der Waals surface area (Å²) in [5.41, 5.74) is 0.931. The van der Waals surface area contributed by atoms with Crippen molar-refractivity contribution in [3.8, 4) is 6.07 Å². The number of carbonyl (C=O) groups is 1. The molecule has 0 unspecified atom stereocenters. The molecule has 0 bridgehead atoms. The zero-order chi connectivity index (χ0) is 15.6. The van der Waals surface area contributed by atoms with Crippen molar-refractivity contribution in [1.82, 2.24) is 9.78 Å². The van der Waals surface area contributed by atoms with Crippen LogP contribution in [-0.2, 0) is 7.05 Å². The number of benzene rings is 1. The Kier molecular flexibility index (Phi) is 3.67. The molecule has 8 heteroatoms. The predicted molar refractivity (Wildman–Crippen MR) is 73.7 cm³/mol. The first-order valence-electron chi connectivity index (χ1n) is 5.92. The molecule has 0 atom stereocenters. The lowest BCUT2D eigenvalue weighted by Crippen LogP contribution is -2.16. The van der Waals surface area contributed by atoms with E-state index >= 15 is 0 Å². The first kappa shape index (κ1) is 14.2. The van der Waals surface area contributed by atoms with E-state index in [1.807, 2.05) is 6.07 Å². The molecule has 0 spiro atoms. The molecule has 0 fully saturated rings. The van der Waals surface area contributed by atoms with E-state index in [1.165, 1.54) is 29.1 Å². The van der Waals surface area contributed by atoms with Crippen LogP contribution in [0.25, 0.3) is 0 Å². The van der Waals surface area contributed by atoms with Crippen LogP contribution in [0, 0.1) is 28.4 Å². The minimum atomic E-state index is -0.524. The minimum Gasteiger partial charge on any atom is -0.306 e. The molecule has 21 heavy (non-hydrogen) atoms. The standard InChI is InChI=1S/C13H11N5O3/c1-8-5-10(18(20)21)3-4-11(8)13(19)16-12-9(6-14)7-15-17(12)2/h3-5,7H,1-2H3,(H,16,19). The summed E-state index contributed by atoms with van der Waals surface area (Å²) in [7, 11) is 1.60. The highest BCUT2D eigenvalue weighted by Crippen LogP contribution is 2.19. The van der Waals surface area contributed by atoms with E-state index in [-0.39, 0.29) is 17.1 Å². The number of aromatic nitrogens is 2. The summed E-state index contributed by atoms with van der Waals surface area (Å²) in [6, 6.07) is 5.89. The summed E-state index contributed by atoms with van der Waals surface area (Å²) in [4.78, 5) is 22.4. The summed E-state index contributed by atoms with van der Waals surface area (Å²) in [6.07, 6.45) is 1.35. The smallest absolute Gasteiger partial charge is 0.269 e. The van der Waals surface area contributed by atoms with Crippen LogP contribution in [-0.4, -0.2) is 20.6 Å². The predicted octanol–water partition coefficient (Wildman–Crippen LogP) is 1.76. The van der Waals surface area contributed by atoms with Gasteiger partial charge in [-0.1, -0.05) is 0 Å². The fourth-order valence-corrected chi connectivity index (χ4v) is 1.86. The number of hydrogen-bond donors (Lipinski definition) is 1. The number of nitro groups is 1. The molecular formula is C13H11N5O3. The highest BCUT2D eigenvalue weighted by molar-refractivity contribution is 6.05. The number of nitriles is 1. The number of nitrogens with zero attached hydrogens (tertiary/aromatic N) is 4. The molecular weight excluding hydrogens is 274 g/mol. The number of amides is 1. The van der Waals surface area contributed by atoms with Crippen LogP contribution in [0.1, 0.15) is 21.5 Å². The van der Waals surface area contributed by atoms with Crippen molar-refractivity contribution in [2.24, 2.45) is 7.05 Å². The zero-order valence-electron chi connectivity index (χ0n) is 11.3. The van der Waals surface area contributed by atoms with Gasteiger partial charge in [0.15, 0.2) is 0 Å². The van der Waals surface area contributed by atoms with Crippen LogP contribution in [0.5, 0.6) is 0 Å². The maximum absolute atomic E-state index is 12.2. The minimum absolute atomic E-state index is 0.0812. The molecule has 2 rings (SSSR count). The van der Waals surface area contributed by atoms with Crippen LogP contribution in [0.15, 0.2) is 24.4 Å². The maximum Gasteiger partial charge on any atom is 0.269 e. The molecule has 1 amide bonds. The largest absolute Gasteiger partial charge is 0.306 e. The Bertz CT molecular complexity index is 773. The van der Waals surface area contributed by atoms with Gasteiger partial charge in [0.2, 0.25) is 0 Å². The molecule has 1 aromatic heterocycles. The van der Waals surface area contributed by atoms with Crippen LogP contribution < -0.4 is 5.32 Å². The Hall–Kier alpha value is -3.21. The summed E-state index contributed by atoms with van der Waals surface area (Å²) >= 11 is 0. The number of non-ortho nitro benzene ring substituents is 1. The van der Waals surface area contributed by atoms with Crippen molar-refractivity contribution in [2.75, 3.05) is 5.32 Å². The number of nitrogens with one attached hydrogen (secondary N) is 1. The fraction of sp³-hybridized carbons (Fsp3) is 0.154. The first-order valence-corrected chi connectivity index (χ1v) is 5.92. The summed E-state index contributed by atoms with van der Waals surface area (Å²) in [6.45, 7) is 1.61. The van der Waals surface area contributed by atoms with Crippen molar-refractivity contribution >= 4 is 17.4 Å². The Balaban J connectivity index is 2.31. The van der Waals surface area contributed by atoms with Gasteiger partial charge in [-0.2, -0.15) is 10.4 Å². The van der Waals surface area contributed by atoms with Gasteiger partial charge in [-0.25, -0.2) is 0 Å². The van der Waals surface area contributed by atoms with E-state index in [0.717, 1.165) is 0 Å². The summed E-state index contributed by atoms with van der Waals surface area (Å²) in [5, 5.41) is 26.1. The molecule has 2 aromatic rings. The van der Waals surface area contributed by atoms with Gasteiger partial charge in [-0.3, -0.25) is 19.6 Å². The molecule has 0 aliphatic carbocycles. The van der Waals surface area contributed by atoms with Gasteiger partial charge in [0.1, 0.15) is 17.5 Å². The number of aryl methyl sites for hydroxylation is 2. The van der Waals surface area contributed by atoms with Gasteiger partial charge >= 0.3 is 0 Å². The molecule has 0 aliphatic heterocycles. The number of carbonyl (C=O) groups excluding carboxylic acids is 1. The fourth-order valence-electron chi connectivity index (χ4n) is 1.86. The van der Waals surface area contributed by atoms with Crippen molar-refractivity contribution in [1.29, 1.82) is 5.26 Å². The normalized spacial score (nSPS) is 9.95. The quantitative estimate of drug-likeness (QED) is 0.681. The Labute approximate surface area is 119 Å². The lowest BCUT2D eigenvalue weighted by atomic mass is 10.1. The summed E-state index contributed by atoms with van der Waals surface area (Å²) < 4.78 is 1.37. The third-order valence-corrected chi connectivity index (χ3v) is 2.96. The van der Waals surface area contributed by atoms with Crippen molar-refractivity contribution in [3.63, 3.8) is 0 Å². The van der Waals surface area contributed by atoms with Crippen LogP contribution in [0.2, 0.25) is 0 Å². The third kappa shape index (κ3) is 2.71. The van der Waals surface area contributed by atoms with Crippen LogP contribution in [0.3, 0.4) is 0 Å². The van der Waals surface area contributed by atoms with Gasteiger partial charge < -0.3 is 5.32 Å². The number of nitro benzene ring substituents is 1. The first-order chi connectivity index (χ1) is 9.93. The molecule has 1 heterocycles. The monoisotopic (exact) mass is 285 g/mol. The highest BCUT2D eigenvalue weighted by Gasteiger charge is 2.16. The van der Waals surface area contributed by atoms with E-state index < -0.39 is 10.8 Å². The van der Waals surface area contributed by atoms with E-state index in [9.17, 15) is 14.9 Å². The molecule has 0 saturated carbocycles. The molecule has 1 N–H and O–H groups in total. The second-order valence-corrected chi connectivity index (χ2v) is 4.35. The van der Waals surface area contributed by atoms with Crippen molar-refractivity contribution in [2.45, 2.75) is 6.92 Å². The van der Waals surface area contributed by atoms with Gasteiger partial charge in [0.05, 0.1) is 11.1 Å². The van der Waals surface area contributed by atoms with Crippen molar-refractivity contribution < 1.29 is 9.72 Å². The average molecular weight is 285 g/mol. The Morgan fingerprint density at radius 1 is 1.52 bits per heavy atom. The van der Waals surface area contributed by atoms with Crippen molar-refractivity contribution in [3.05, 3.63) is 51.2 Å². The maximum atomic E-state index is 12.2. The molecule has 106 valence electrons. The van der Waals surface area contributed by atoms with E-state index in [4.69, 9.17) is 5.26 Å². The number of anilines is 1. The Morgan fingerprint density at radius 2 is 2.24 bits per heavy atom. The zero-order valence-corrected chi connectivity index (χ0v) is 11.3. The topological polar surface area (TPSA) is 114 Å². The molecule has 1 aromatic carbocycles. The van der Waals surface area contributed by atoms with Gasteiger partial charge in [-0.15, -0.1) is 0 Å². The average Bonchev–Trinajstić information content (AvgIpc) is 2.79. The third-order valence-electron chi connectivity index (χ3n) is 2.96. The molecule has 8 nitrogen and oxygen atoms in total. The number of hydrogen-bond acceptors (Lipinski definition) is 5. The van der Waals surface area contributed by atoms with Gasteiger partial charge in [0.25, 0.3) is 11.6 Å².